The number of rotatable bonds is 7. The maximum absolute atomic E-state index is 13.0. The van der Waals surface area contributed by atoms with Gasteiger partial charge in [0.2, 0.25) is 0 Å². The van der Waals surface area contributed by atoms with Gasteiger partial charge in [0.05, 0.1) is 39.4 Å². The Bertz CT molecular complexity index is 970. The van der Waals surface area contributed by atoms with Gasteiger partial charge in [-0.1, -0.05) is 0 Å². The van der Waals surface area contributed by atoms with Gasteiger partial charge in [-0.15, -0.1) is 0 Å². The van der Waals surface area contributed by atoms with Crippen molar-refractivity contribution in [3.05, 3.63) is 65.0 Å². The van der Waals surface area contributed by atoms with Crippen molar-refractivity contribution in [3.63, 3.8) is 0 Å². The van der Waals surface area contributed by atoms with Crippen molar-refractivity contribution in [2.24, 2.45) is 0 Å². The predicted octanol–water partition coefficient (Wildman–Crippen LogP) is 1.35. The number of aryl methyl sites for hydroxylation is 1. The zero-order valence-corrected chi connectivity index (χ0v) is 17.8. The van der Waals surface area contributed by atoms with Crippen molar-refractivity contribution in [3.8, 4) is 5.75 Å². The van der Waals surface area contributed by atoms with E-state index in [1.165, 1.54) is 4.90 Å². The molecule has 7 heteroatoms. The van der Waals surface area contributed by atoms with Gasteiger partial charge in [0.1, 0.15) is 11.5 Å². The summed E-state index contributed by atoms with van der Waals surface area (Å²) in [5.74, 6) is -0.747. The Morgan fingerprint density at radius 2 is 1.90 bits per heavy atom. The molecular weight excluding hydrogens is 382 g/mol. The van der Waals surface area contributed by atoms with Crippen molar-refractivity contribution < 1.29 is 24.3 Å². The molecule has 1 saturated heterocycles. The largest absolute Gasteiger partial charge is 0.507 e. The molecule has 1 aromatic carbocycles. The van der Waals surface area contributed by atoms with Crippen molar-refractivity contribution in [1.82, 2.24) is 9.88 Å². The summed E-state index contributed by atoms with van der Waals surface area (Å²) in [5.41, 5.74) is 2.15. The molecule has 7 nitrogen and oxygen atoms in total. The van der Waals surface area contributed by atoms with Gasteiger partial charge in [0, 0.05) is 30.9 Å². The lowest BCUT2D eigenvalue weighted by molar-refractivity contribution is -0.858. The van der Waals surface area contributed by atoms with E-state index in [1.54, 1.807) is 54.7 Å². The Balaban J connectivity index is 2.08. The molecule has 1 aliphatic heterocycles. The minimum Gasteiger partial charge on any atom is -0.507 e. The molecule has 1 unspecified atom stereocenters. The number of carbonyl (C=O) groups is 2. The summed E-state index contributed by atoms with van der Waals surface area (Å²) in [6.07, 6.45) is 3.99. The van der Waals surface area contributed by atoms with Crippen LogP contribution in [0.3, 0.4) is 0 Å². The number of nitrogens with zero attached hydrogens (tertiary/aromatic N) is 2. The van der Waals surface area contributed by atoms with E-state index < -0.39 is 17.7 Å². The second-order valence-corrected chi connectivity index (χ2v) is 7.77. The molecule has 2 heterocycles. The number of ketones is 1. The monoisotopic (exact) mass is 410 g/mol. The first-order valence-corrected chi connectivity index (χ1v) is 9.97. The van der Waals surface area contributed by atoms with Gasteiger partial charge in [0.25, 0.3) is 11.7 Å². The van der Waals surface area contributed by atoms with E-state index in [1.807, 2.05) is 21.0 Å². The smallest absolute Gasteiger partial charge is 0.295 e. The molecule has 0 spiro atoms. The zero-order chi connectivity index (χ0) is 21.8. The lowest BCUT2D eigenvalue weighted by Crippen LogP contribution is -3.05. The number of benzene rings is 1. The van der Waals surface area contributed by atoms with Crippen molar-refractivity contribution in [1.29, 1.82) is 0 Å². The van der Waals surface area contributed by atoms with E-state index in [2.05, 4.69) is 4.98 Å². The van der Waals surface area contributed by atoms with Crippen LogP contribution in [0.2, 0.25) is 0 Å². The molecule has 1 fully saturated rings. The van der Waals surface area contributed by atoms with Crippen LogP contribution in [0.15, 0.2) is 48.3 Å². The third kappa shape index (κ3) is 4.21. The number of aliphatic hydroxyl groups excluding tert-OH is 1. The van der Waals surface area contributed by atoms with Gasteiger partial charge in [-0.3, -0.25) is 14.6 Å². The molecule has 0 saturated carbocycles. The quantitative estimate of drug-likeness (QED) is 0.409. The Morgan fingerprint density at radius 1 is 1.20 bits per heavy atom. The van der Waals surface area contributed by atoms with Crippen LogP contribution in [0.25, 0.3) is 5.76 Å². The number of methoxy groups -OCH3 is 1. The maximum Gasteiger partial charge on any atom is 0.295 e. The fourth-order valence-corrected chi connectivity index (χ4v) is 3.79. The van der Waals surface area contributed by atoms with Gasteiger partial charge in [-0.05, 0) is 48.4 Å². The van der Waals surface area contributed by atoms with Crippen LogP contribution in [0.4, 0.5) is 0 Å². The van der Waals surface area contributed by atoms with Gasteiger partial charge >= 0.3 is 0 Å². The van der Waals surface area contributed by atoms with E-state index >= 15 is 0 Å². The number of pyridine rings is 1. The molecule has 158 valence electrons. The molecule has 0 aliphatic carbocycles. The fourth-order valence-electron chi connectivity index (χ4n) is 3.79. The summed E-state index contributed by atoms with van der Waals surface area (Å²) in [7, 11) is 5.66. The Labute approximate surface area is 176 Å². The highest BCUT2D eigenvalue weighted by atomic mass is 16.5. The average Bonchev–Trinajstić information content (AvgIpc) is 2.98. The molecule has 1 aliphatic rings. The number of likely N-dealkylation sites (tertiary alicyclic amines) is 1. The highest BCUT2D eigenvalue weighted by Gasteiger charge is 2.45. The molecule has 1 amide bonds. The Hall–Kier alpha value is -3.19. The van der Waals surface area contributed by atoms with Gasteiger partial charge < -0.3 is 19.6 Å². The summed E-state index contributed by atoms with van der Waals surface area (Å²) < 4.78 is 5.28. The van der Waals surface area contributed by atoms with Crippen molar-refractivity contribution >= 4 is 17.4 Å². The number of quaternary nitrogens is 1. The number of aromatic nitrogens is 1. The topological polar surface area (TPSA) is 84.2 Å². The summed E-state index contributed by atoms with van der Waals surface area (Å²) in [6, 6.07) is 8.07. The summed E-state index contributed by atoms with van der Waals surface area (Å²) in [4.78, 5) is 32.7. The first-order chi connectivity index (χ1) is 14.3. The van der Waals surface area contributed by atoms with Crippen LogP contribution in [-0.4, -0.2) is 61.0 Å². The molecular formula is C23H28N3O4+. The molecule has 30 heavy (non-hydrogen) atoms. The molecule has 1 atom stereocenters. The molecule has 2 aromatic rings. The number of ether oxygens (including phenoxy) is 1. The molecule has 3 rings (SSSR count). The Morgan fingerprint density at radius 3 is 2.50 bits per heavy atom. The molecule has 2 N–H and O–H groups in total. The number of Topliss-reactive ketones (excluding diaryl/α,β-unsaturated/α-hetero) is 1. The van der Waals surface area contributed by atoms with E-state index in [0.717, 1.165) is 24.1 Å². The summed E-state index contributed by atoms with van der Waals surface area (Å²) in [6.45, 7) is 3.16. The van der Waals surface area contributed by atoms with Crippen LogP contribution in [0.1, 0.15) is 29.2 Å². The standard InChI is InChI=1S/C23H27N3O4/c1-15-14-17(6-7-18(15)30-4)21(27)19-20(16-8-10-24-11-9-16)26(23(29)22(19)28)13-5-12-25(2)3/h6-11,14,20,27H,5,12-13H2,1-4H3/p+1. The highest BCUT2D eigenvalue weighted by Crippen LogP contribution is 2.39. The third-order valence-electron chi connectivity index (χ3n) is 5.31. The van der Waals surface area contributed by atoms with Crippen LogP contribution >= 0.6 is 0 Å². The van der Waals surface area contributed by atoms with Crippen LogP contribution < -0.4 is 9.64 Å². The van der Waals surface area contributed by atoms with Crippen molar-refractivity contribution in [2.45, 2.75) is 19.4 Å². The number of carbonyl (C=O) groups excluding carboxylic acids is 2. The molecule has 0 radical (unpaired) electrons. The predicted molar refractivity (Wildman–Crippen MR) is 113 cm³/mol. The second-order valence-electron chi connectivity index (χ2n) is 7.77. The van der Waals surface area contributed by atoms with E-state index in [0.29, 0.717) is 17.9 Å². The lowest BCUT2D eigenvalue weighted by Gasteiger charge is -2.25. The van der Waals surface area contributed by atoms with E-state index in [-0.39, 0.29) is 11.3 Å². The first kappa shape index (κ1) is 21.5. The van der Waals surface area contributed by atoms with E-state index in [4.69, 9.17) is 4.74 Å². The SMILES string of the molecule is COc1ccc(C(O)=C2C(=O)C(=O)N(CCC[NH+](C)C)C2c2ccncc2)cc1C. The third-order valence-corrected chi connectivity index (χ3v) is 5.31. The van der Waals surface area contributed by atoms with Crippen LogP contribution in [0, 0.1) is 6.92 Å². The minimum absolute atomic E-state index is 0.105. The van der Waals surface area contributed by atoms with Crippen molar-refractivity contribution in [2.75, 3.05) is 34.3 Å². The summed E-state index contributed by atoms with van der Waals surface area (Å²) >= 11 is 0. The number of hydrogen-bond acceptors (Lipinski definition) is 5. The van der Waals surface area contributed by atoms with Crippen LogP contribution in [0.5, 0.6) is 5.75 Å². The molecule has 0 bridgehead atoms. The number of nitrogens with one attached hydrogen (secondary N) is 1. The fraction of sp³-hybridized carbons (Fsp3) is 0.348. The highest BCUT2D eigenvalue weighted by molar-refractivity contribution is 6.46. The minimum atomic E-state index is -0.667. The number of amides is 1. The Kier molecular flexibility index (Phi) is 6.52. The summed E-state index contributed by atoms with van der Waals surface area (Å²) in [5, 5.41) is 11.1. The average molecular weight is 410 g/mol. The van der Waals surface area contributed by atoms with Crippen LogP contribution in [-0.2, 0) is 9.59 Å². The zero-order valence-electron chi connectivity index (χ0n) is 17.8. The van der Waals surface area contributed by atoms with Gasteiger partial charge in [0.15, 0.2) is 0 Å². The molecule has 1 aromatic heterocycles. The maximum atomic E-state index is 13.0. The lowest BCUT2D eigenvalue weighted by atomic mass is 9.95. The van der Waals surface area contributed by atoms with Gasteiger partial charge in [-0.2, -0.15) is 0 Å². The second kappa shape index (κ2) is 9.09. The van der Waals surface area contributed by atoms with E-state index in [9.17, 15) is 14.7 Å². The number of hydrogen-bond donors (Lipinski definition) is 2. The first-order valence-electron chi connectivity index (χ1n) is 9.97. The number of aliphatic hydroxyl groups is 1. The van der Waals surface area contributed by atoms with Gasteiger partial charge in [-0.25, -0.2) is 0 Å². The normalized spacial score (nSPS) is 18.3.